The fraction of sp³-hybridized carbons (Fsp3) is 0.714. The average molecular weight is 195 g/mol. The molecule has 0 N–H and O–H groups in total. The molecule has 0 aliphatic heterocycles. The SMILES string of the molecule is CCOC(=O)C(C)(OC)C(=O)Cl. The molecule has 0 heterocycles. The normalized spacial score (nSPS) is 15.0. The number of carbonyl (C=O) groups is 2. The first kappa shape index (κ1) is 11.4. The molecule has 0 aliphatic rings. The number of hydrogen-bond acceptors (Lipinski definition) is 4. The maximum atomic E-state index is 11.1. The zero-order chi connectivity index (χ0) is 9.78. The molecular formula is C7H11ClO4. The monoisotopic (exact) mass is 194 g/mol. The van der Waals surface area contributed by atoms with Crippen molar-refractivity contribution in [2.45, 2.75) is 19.4 Å². The maximum Gasteiger partial charge on any atom is 0.347 e. The third-order valence-electron chi connectivity index (χ3n) is 1.45. The first-order valence-electron chi connectivity index (χ1n) is 3.41. The van der Waals surface area contributed by atoms with Crippen LogP contribution in [0.2, 0.25) is 0 Å². The van der Waals surface area contributed by atoms with E-state index >= 15 is 0 Å². The van der Waals surface area contributed by atoms with Gasteiger partial charge in [0.25, 0.3) is 5.24 Å². The Bertz CT molecular complexity index is 192. The molecular weight excluding hydrogens is 184 g/mol. The Kier molecular flexibility index (Phi) is 4.20. The van der Waals surface area contributed by atoms with Crippen LogP contribution in [0.25, 0.3) is 0 Å². The molecule has 0 bridgehead atoms. The molecule has 0 aromatic carbocycles. The van der Waals surface area contributed by atoms with Crippen LogP contribution in [-0.2, 0) is 19.1 Å². The molecule has 0 radical (unpaired) electrons. The Hall–Kier alpha value is -0.610. The Morgan fingerprint density at radius 2 is 2.00 bits per heavy atom. The topological polar surface area (TPSA) is 52.6 Å². The van der Waals surface area contributed by atoms with Crippen molar-refractivity contribution in [3.05, 3.63) is 0 Å². The second-order valence-electron chi connectivity index (χ2n) is 2.23. The van der Waals surface area contributed by atoms with E-state index in [9.17, 15) is 9.59 Å². The molecule has 0 spiro atoms. The standard InChI is InChI=1S/C7H11ClO4/c1-4-12-6(10)7(2,11-3)5(8)9/h4H2,1-3H3. The van der Waals surface area contributed by atoms with E-state index in [1.807, 2.05) is 0 Å². The van der Waals surface area contributed by atoms with Gasteiger partial charge in [0, 0.05) is 7.11 Å². The van der Waals surface area contributed by atoms with Crippen molar-refractivity contribution >= 4 is 22.8 Å². The van der Waals surface area contributed by atoms with Gasteiger partial charge in [0.15, 0.2) is 0 Å². The van der Waals surface area contributed by atoms with Gasteiger partial charge >= 0.3 is 5.97 Å². The van der Waals surface area contributed by atoms with Gasteiger partial charge in [0.2, 0.25) is 5.60 Å². The lowest BCUT2D eigenvalue weighted by atomic mass is 10.1. The maximum absolute atomic E-state index is 11.1. The summed E-state index contributed by atoms with van der Waals surface area (Å²) in [6.45, 7) is 3.08. The second-order valence-corrected chi connectivity index (χ2v) is 2.57. The molecule has 0 aliphatic carbocycles. The third kappa shape index (κ3) is 2.19. The minimum atomic E-state index is -1.68. The highest BCUT2D eigenvalue weighted by molar-refractivity contribution is 6.67. The summed E-state index contributed by atoms with van der Waals surface area (Å²) >= 11 is 5.15. The summed E-state index contributed by atoms with van der Waals surface area (Å²) in [4.78, 5) is 21.8. The van der Waals surface area contributed by atoms with Crippen molar-refractivity contribution in [1.82, 2.24) is 0 Å². The zero-order valence-corrected chi connectivity index (χ0v) is 7.97. The van der Waals surface area contributed by atoms with Crippen molar-refractivity contribution < 1.29 is 19.1 Å². The van der Waals surface area contributed by atoms with E-state index in [2.05, 4.69) is 9.47 Å². The lowest BCUT2D eigenvalue weighted by Crippen LogP contribution is -2.44. The Morgan fingerprint density at radius 1 is 1.50 bits per heavy atom. The number of rotatable bonds is 4. The number of methoxy groups -OCH3 is 1. The molecule has 5 heteroatoms. The highest BCUT2D eigenvalue weighted by Gasteiger charge is 2.41. The number of carbonyl (C=O) groups excluding carboxylic acids is 2. The van der Waals surface area contributed by atoms with Crippen LogP contribution in [0.5, 0.6) is 0 Å². The smallest absolute Gasteiger partial charge is 0.347 e. The number of ether oxygens (including phenoxy) is 2. The minimum absolute atomic E-state index is 0.182. The minimum Gasteiger partial charge on any atom is -0.463 e. The van der Waals surface area contributed by atoms with Crippen LogP contribution in [0, 0.1) is 0 Å². The lowest BCUT2D eigenvalue weighted by molar-refractivity contribution is -0.168. The predicted octanol–water partition coefficient (Wildman–Crippen LogP) is 0.720. The molecule has 0 amide bonds. The van der Waals surface area contributed by atoms with E-state index in [0.29, 0.717) is 0 Å². The van der Waals surface area contributed by atoms with Crippen molar-refractivity contribution in [2.24, 2.45) is 0 Å². The summed E-state index contributed by atoms with van der Waals surface area (Å²) in [5.74, 6) is -0.771. The van der Waals surface area contributed by atoms with Gasteiger partial charge in [-0.15, -0.1) is 0 Å². The van der Waals surface area contributed by atoms with Crippen LogP contribution in [0.3, 0.4) is 0 Å². The van der Waals surface area contributed by atoms with Crippen molar-refractivity contribution in [2.75, 3.05) is 13.7 Å². The highest BCUT2D eigenvalue weighted by Crippen LogP contribution is 2.15. The molecule has 12 heavy (non-hydrogen) atoms. The number of halogens is 1. The second kappa shape index (κ2) is 4.42. The summed E-state index contributed by atoms with van der Waals surface area (Å²) in [5.41, 5.74) is -1.68. The molecule has 4 nitrogen and oxygen atoms in total. The molecule has 0 saturated heterocycles. The van der Waals surface area contributed by atoms with Gasteiger partial charge in [0.1, 0.15) is 0 Å². The summed E-state index contributed by atoms with van der Waals surface area (Å²) in [6, 6.07) is 0. The fourth-order valence-corrected chi connectivity index (χ4v) is 0.667. The third-order valence-corrected chi connectivity index (χ3v) is 1.81. The molecule has 0 aromatic rings. The van der Waals surface area contributed by atoms with Gasteiger partial charge in [-0.05, 0) is 25.4 Å². The van der Waals surface area contributed by atoms with Gasteiger partial charge in [-0.3, -0.25) is 4.79 Å². The fourth-order valence-electron chi connectivity index (χ4n) is 0.513. The summed E-state index contributed by atoms with van der Waals surface area (Å²) in [7, 11) is 1.22. The van der Waals surface area contributed by atoms with Gasteiger partial charge in [0.05, 0.1) is 6.61 Å². The Labute approximate surface area is 75.8 Å². The molecule has 0 fully saturated rings. The van der Waals surface area contributed by atoms with Crippen molar-refractivity contribution in [3.63, 3.8) is 0 Å². The number of esters is 1. The van der Waals surface area contributed by atoms with E-state index in [4.69, 9.17) is 11.6 Å². The van der Waals surface area contributed by atoms with E-state index in [1.54, 1.807) is 6.92 Å². The Balaban J connectivity index is 4.52. The van der Waals surface area contributed by atoms with Crippen molar-refractivity contribution in [1.29, 1.82) is 0 Å². The van der Waals surface area contributed by atoms with Crippen LogP contribution in [0.15, 0.2) is 0 Å². The first-order chi connectivity index (χ1) is 5.49. The van der Waals surface area contributed by atoms with Crippen LogP contribution < -0.4 is 0 Å². The molecule has 70 valence electrons. The van der Waals surface area contributed by atoms with Crippen molar-refractivity contribution in [3.8, 4) is 0 Å². The zero-order valence-electron chi connectivity index (χ0n) is 7.22. The summed E-state index contributed by atoms with van der Waals surface area (Å²) < 4.78 is 9.25. The predicted molar refractivity (Wildman–Crippen MR) is 42.9 cm³/mol. The quantitative estimate of drug-likeness (QED) is 0.376. The lowest BCUT2D eigenvalue weighted by Gasteiger charge is -2.20. The van der Waals surface area contributed by atoms with Gasteiger partial charge in [-0.1, -0.05) is 0 Å². The molecule has 0 saturated carbocycles. The van der Waals surface area contributed by atoms with Crippen LogP contribution in [0.4, 0.5) is 0 Å². The summed E-state index contributed by atoms with van der Waals surface area (Å²) in [5, 5.41) is -0.886. The summed E-state index contributed by atoms with van der Waals surface area (Å²) in [6.07, 6.45) is 0. The van der Waals surface area contributed by atoms with Crippen LogP contribution in [-0.4, -0.2) is 30.5 Å². The largest absolute Gasteiger partial charge is 0.463 e. The van der Waals surface area contributed by atoms with Gasteiger partial charge in [-0.25, -0.2) is 4.79 Å². The van der Waals surface area contributed by atoms with Crippen LogP contribution >= 0.6 is 11.6 Å². The average Bonchev–Trinajstić information content (AvgIpc) is 2.03. The molecule has 1 atom stereocenters. The first-order valence-corrected chi connectivity index (χ1v) is 3.79. The molecule has 0 aromatic heterocycles. The van der Waals surface area contributed by atoms with E-state index in [0.717, 1.165) is 0 Å². The highest BCUT2D eigenvalue weighted by atomic mass is 35.5. The Morgan fingerprint density at radius 3 is 2.25 bits per heavy atom. The van der Waals surface area contributed by atoms with E-state index in [-0.39, 0.29) is 6.61 Å². The van der Waals surface area contributed by atoms with E-state index in [1.165, 1.54) is 14.0 Å². The van der Waals surface area contributed by atoms with Crippen LogP contribution in [0.1, 0.15) is 13.8 Å². The van der Waals surface area contributed by atoms with E-state index < -0.39 is 16.8 Å². The van der Waals surface area contributed by atoms with Gasteiger partial charge in [-0.2, -0.15) is 0 Å². The molecule has 0 rings (SSSR count). The number of hydrogen-bond donors (Lipinski definition) is 0. The van der Waals surface area contributed by atoms with Gasteiger partial charge < -0.3 is 9.47 Å². The molecule has 1 unspecified atom stereocenters.